The first-order valence-corrected chi connectivity index (χ1v) is 9.41. The molecule has 0 saturated carbocycles. The highest BCUT2D eigenvalue weighted by Gasteiger charge is 2.43. The first-order valence-electron chi connectivity index (χ1n) is 7.86. The summed E-state index contributed by atoms with van der Waals surface area (Å²) in [6, 6.07) is 28.4. The fourth-order valence-electron chi connectivity index (χ4n) is 3.26. The van der Waals surface area contributed by atoms with Gasteiger partial charge in [-0.2, -0.15) is 0 Å². The molecule has 0 radical (unpaired) electrons. The molecule has 0 saturated heterocycles. The second kappa shape index (κ2) is 6.67. The van der Waals surface area contributed by atoms with Crippen LogP contribution in [0.4, 0.5) is 0 Å². The van der Waals surface area contributed by atoms with Gasteiger partial charge in [0, 0.05) is 0 Å². The molecule has 0 atom stereocenters. The number of allylic oxidation sites excluding steroid dienone is 1. The Bertz CT molecular complexity index is 870. The predicted molar refractivity (Wildman–Crippen MR) is 101 cm³/mol. The van der Waals surface area contributed by atoms with E-state index in [0.717, 1.165) is 16.7 Å². The zero-order chi connectivity index (χ0) is 17.9. The summed E-state index contributed by atoms with van der Waals surface area (Å²) in [6.45, 7) is 3.91. The van der Waals surface area contributed by atoms with Crippen molar-refractivity contribution in [3.8, 4) is 0 Å². The minimum atomic E-state index is -4.00. The van der Waals surface area contributed by atoms with Gasteiger partial charge in [-0.1, -0.05) is 97.6 Å². The van der Waals surface area contributed by atoms with Gasteiger partial charge in [-0.05, 0) is 16.7 Å². The third-order valence-electron chi connectivity index (χ3n) is 4.38. The average Bonchev–Trinajstić information content (AvgIpc) is 2.64. The van der Waals surface area contributed by atoms with E-state index in [4.69, 9.17) is 5.14 Å². The van der Waals surface area contributed by atoms with E-state index in [2.05, 4.69) is 6.58 Å². The van der Waals surface area contributed by atoms with E-state index in [1.165, 1.54) is 0 Å². The number of primary sulfonamides is 1. The van der Waals surface area contributed by atoms with Crippen molar-refractivity contribution in [3.05, 3.63) is 119 Å². The number of sulfonamides is 1. The van der Waals surface area contributed by atoms with Crippen molar-refractivity contribution in [2.45, 2.75) is 5.41 Å². The Kier molecular flexibility index (Phi) is 4.57. The highest BCUT2D eigenvalue weighted by atomic mass is 32.2. The van der Waals surface area contributed by atoms with Crippen LogP contribution < -0.4 is 5.14 Å². The lowest BCUT2D eigenvalue weighted by Gasteiger charge is -2.36. The van der Waals surface area contributed by atoms with Gasteiger partial charge in [-0.25, -0.2) is 13.6 Å². The molecular formula is C21H19NO2S. The summed E-state index contributed by atoms with van der Waals surface area (Å²) in [6.07, 6.45) is 0. The molecule has 25 heavy (non-hydrogen) atoms. The van der Waals surface area contributed by atoms with Crippen molar-refractivity contribution in [1.29, 1.82) is 0 Å². The molecular weight excluding hydrogens is 330 g/mol. The van der Waals surface area contributed by atoms with Gasteiger partial charge in [-0.3, -0.25) is 0 Å². The Morgan fingerprint density at radius 2 is 0.960 bits per heavy atom. The molecule has 0 fully saturated rings. The largest absolute Gasteiger partial charge is 0.235 e. The number of benzene rings is 3. The van der Waals surface area contributed by atoms with Crippen LogP contribution in [0.5, 0.6) is 0 Å². The summed E-state index contributed by atoms with van der Waals surface area (Å²) in [7, 11) is -4.00. The maximum absolute atomic E-state index is 12.4. The van der Waals surface area contributed by atoms with Crippen LogP contribution >= 0.6 is 0 Å². The monoisotopic (exact) mass is 349 g/mol. The van der Waals surface area contributed by atoms with Crippen LogP contribution in [0.15, 0.2) is 102 Å². The lowest BCUT2D eigenvalue weighted by molar-refractivity contribution is 0.595. The lowest BCUT2D eigenvalue weighted by atomic mass is 9.69. The molecule has 2 N–H and O–H groups in total. The fourth-order valence-corrected chi connectivity index (χ4v) is 4.04. The topological polar surface area (TPSA) is 60.2 Å². The molecule has 0 heterocycles. The first kappa shape index (κ1) is 17.1. The van der Waals surface area contributed by atoms with Crippen molar-refractivity contribution in [2.75, 3.05) is 0 Å². The number of hydrogen-bond acceptors (Lipinski definition) is 2. The third kappa shape index (κ3) is 3.02. The maximum Gasteiger partial charge on any atom is 0.235 e. The standard InChI is InChI=1S/C21H19NO2S/c1-17(25(22,23)24)21(18-11-5-2-6-12-18,19-13-7-3-8-14-19)20-15-9-4-10-16-20/h2-16H,1H2,(H2,22,23,24). The lowest BCUT2D eigenvalue weighted by Crippen LogP contribution is -2.37. The van der Waals surface area contributed by atoms with Crippen LogP contribution in [0, 0.1) is 0 Å². The van der Waals surface area contributed by atoms with Crippen LogP contribution in [0.2, 0.25) is 0 Å². The third-order valence-corrected chi connectivity index (χ3v) is 5.38. The summed E-state index contributed by atoms with van der Waals surface area (Å²) in [5.41, 5.74) is 1.31. The summed E-state index contributed by atoms with van der Waals surface area (Å²) >= 11 is 0. The molecule has 0 bridgehead atoms. The summed E-state index contributed by atoms with van der Waals surface area (Å²) < 4.78 is 24.8. The second-order valence-electron chi connectivity index (χ2n) is 5.82. The predicted octanol–water partition coefficient (Wildman–Crippen LogP) is 3.82. The van der Waals surface area contributed by atoms with Crippen LogP contribution in [0.25, 0.3) is 0 Å². The van der Waals surface area contributed by atoms with E-state index in [0.29, 0.717) is 0 Å². The van der Waals surface area contributed by atoms with Gasteiger partial charge in [0.05, 0.1) is 10.3 Å². The Labute approximate surface area is 148 Å². The molecule has 3 aromatic carbocycles. The van der Waals surface area contributed by atoms with E-state index in [9.17, 15) is 8.42 Å². The Hall–Kier alpha value is -2.69. The molecule has 0 unspecified atom stereocenters. The molecule has 126 valence electrons. The molecule has 3 rings (SSSR count). The Morgan fingerprint density at radius 3 is 1.20 bits per heavy atom. The van der Waals surface area contributed by atoms with E-state index in [-0.39, 0.29) is 4.91 Å². The molecule has 0 spiro atoms. The van der Waals surface area contributed by atoms with Crippen LogP contribution in [0.3, 0.4) is 0 Å². The van der Waals surface area contributed by atoms with Crippen LogP contribution in [-0.4, -0.2) is 8.42 Å². The van der Waals surface area contributed by atoms with Gasteiger partial charge in [0.15, 0.2) is 0 Å². The van der Waals surface area contributed by atoms with E-state index >= 15 is 0 Å². The molecule has 3 aromatic rings. The van der Waals surface area contributed by atoms with Crippen molar-refractivity contribution < 1.29 is 8.42 Å². The second-order valence-corrected chi connectivity index (χ2v) is 7.40. The van der Waals surface area contributed by atoms with Gasteiger partial charge in [0.2, 0.25) is 10.0 Å². The maximum atomic E-state index is 12.4. The molecule has 0 aliphatic carbocycles. The minimum absolute atomic E-state index is 0.0522. The summed E-state index contributed by atoms with van der Waals surface area (Å²) in [5.74, 6) is 0. The van der Waals surface area contributed by atoms with E-state index in [1.54, 1.807) is 0 Å². The van der Waals surface area contributed by atoms with Crippen molar-refractivity contribution in [1.82, 2.24) is 0 Å². The smallest absolute Gasteiger partial charge is 0.225 e. The normalized spacial score (nSPS) is 11.9. The van der Waals surface area contributed by atoms with E-state index < -0.39 is 15.4 Å². The van der Waals surface area contributed by atoms with Gasteiger partial charge in [0.1, 0.15) is 0 Å². The van der Waals surface area contributed by atoms with E-state index in [1.807, 2.05) is 91.0 Å². The SMILES string of the molecule is C=C(C(c1ccccc1)(c1ccccc1)c1ccccc1)S(N)(=O)=O. The highest BCUT2D eigenvalue weighted by Crippen LogP contribution is 2.45. The molecule has 4 heteroatoms. The number of nitrogens with two attached hydrogens (primary N) is 1. The van der Waals surface area contributed by atoms with Crippen molar-refractivity contribution >= 4 is 10.0 Å². The average molecular weight is 349 g/mol. The number of rotatable bonds is 5. The van der Waals surface area contributed by atoms with Crippen LogP contribution in [-0.2, 0) is 15.4 Å². The molecule has 0 aliphatic rings. The molecule has 3 nitrogen and oxygen atoms in total. The van der Waals surface area contributed by atoms with Crippen molar-refractivity contribution in [3.63, 3.8) is 0 Å². The van der Waals surface area contributed by atoms with Crippen molar-refractivity contribution in [2.24, 2.45) is 5.14 Å². The molecule has 0 aromatic heterocycles. The first-order chi connectivity index (χ1) is 12.0. The Morgan fingerprint density at radius 1 is 0.680 bits per heavy atom. The van der Waals surface area contributed by atoms with Gasteiger partial charge in [0.25, 0.3) is 0 Å². The number of hydrogen-bond donors (Lipinski definition) is 1. The molecule has 0 aliphatic heterocycles. The summed E-state index contributed by atoms with van der Waals surface area (Å²) in [4.78, 5) is -0.0522. The summed E-state index contributed by atoms with van der Waals surface area (Å²) in [5, 5.41) is 5.55. The fraction of sp³-hybridized carbons (Fsp3) is 0.0476. The highest BCUT2D eigenvalue weighted by molar-refractivity contribution is 7.93. The van der Waals surface area contributed by atoms with Crippen LogP contribution in [0.1, 0.15) is 16.7 Å². The van der Waals surface area contributed by atoms with Gasteiger partial charge >= 0.3 is 0 Å². The minimum Gasteiger partial charge on any atom is -0.225 e. The molecule has 0 amide bonds. The van der Waals surface area contributed by atoms with Gasteiger partial charge < -0.3 is 0 Å². The quantitative estimate of drug-likeness (QED) is 0.712. The van der Waals surface area contributed by atoms with Gasteiger partial charge in [-0.15, -0.1) is 0 Å². The zero-order valence-corrected chi connectivity index (χ0v) is 14.5. The zero-order valence-electron chi connectivity index (χ0n) is 13.7. The Balaban J connectivity index is 2.47.